The number of carbonyl (C=O) groups excluding carboxylic acids is 5. The maximum Gasteiger partial charge on any atom is 0.315 e. The van der Waals surface area contributed by atoms with Crippen LogP contribution in [-0.2, 0) is 29.2 Å². The van der Waals surface area contributed by atoms with Crippen molar-refractivity contribution in [2.24, 2.45) is 16.7 Å². The molecule has 290 valence electrons. The van der Waals surface area contributed by atoms with Crippen LogP contribution in [0.4, 0.5) is 9.18 Å². The van der Waals surface area contributed by atoms with Gasteiger partial charge in [0, 0.05) is 38.6 Å². The summed E-state index contributed by atoms with van der Waals surface area (Å²) in [6.07, 6.45) is 4.92. The van der Waals surface area contributed by atoms with Gasteiger partial charge >= 0.3 is 6.03 Å². The third-order valence-electron chi connectivity index (χ3n) is 9.09. The van der Waals surface area contributed by atoms with Crippen molar-refractivity contribution in [1.82, 2.24) is 30.5 Å². The number of rotatable bonds is 17. The second-order valence-electron chi connectivity index (χ2n) is 15.3. The van der Waals surface area contributed by atoms with E-state index in [4.69, 9.17) is 0 Å². The third-order valence-corrected chi connectivity index (χ3v) is 10.9. The molecule has 5 amide bonds. The van der Waals surface area contributed by atoms with Gasteiger partial charge < -0.3 is 26.2 Å². The zero-order valence-electron chi connectivity index (χ0n) is 31.8. The van der Waals surface area contributed by atoms with Crippen molar-refractivity contribution < 1.29 is 36.8 Å². The first-order valence-electron chi connectivity index (χ1n) is 17.5. The van der Waals surface area contributed by atoms with Crippen LogP contribution < -0.4 is 21.3 Å². The highest BCUT2D eigenvalue weighted by Gasteiger charge is 2.46. The Hall–Kier alpha value is -4.11. The Labute approximate surface area is 308 Å². The first kappa shape index (κ1) is 44.1. The normalized spacial score (nSPS) is 18.2. The maximum atomic E-state index is 14.3. The molecule has 4 N–H and O–H groups in total. The van der Waals surface area contributed by atoms with Gasteiger partial charge in [0.2, 0.25) is 27.6 Å². The van der Waals surface area contributed by atoms with E-state index < -0.39 is 86.3 Å². The van der Waals surface area contributed by atoms with Crippen molar-refractivity contribution in [3.63, 3.8) is 0 Å². The fourth-order valence-corrected chi connectivity index (χ4v) is 7.05. The number of hydrogen-bond donors (Lipinski definition) is 4. The van der Waals surface area contributed by atoms with Crippen molar-refractivity contribution in [3.05, 3.63) is 55.4 Å². The fourth-order valence-electron chi connectivity index (χ4n) is 5.83. The Balaban J connectivity index is 2.33. The molecular weight excluding hydrogens is 692 g/mol. The van der Waals surface area contributed by atoms with Crippen LogP contribution in [-0.4, -0.2) is 98.0 Å². The lowest BCUT2D eigenvalue weighted by atomic mass is 9.85. The average Bonchev–Trinajstić information content (AvgIpc) is 3.50. The van der Waals surface area contributed by atoms with Gasteiger partial charge in [-0.3, -0.25) is 19.2 Å². The molecule has 52 heavy (non-hydrogen) atoms. The Morgan fingerprint density at radius 2 is 1.69 bits per heavy atom. The van der Waals surface area contributed by atoms with E-state index in [1.807, 2.05) is 27.7 Å². The van der Waals surface area contributed by atoms with Gasteiger partial charge in [0.05, 0.1) is 10.9 Å². The summed E-state index contributed by atoms with van der Waals surface area (Å²) < 4.78 is 41.4. The number of likely N-dealkylation sites (N-methyl/N-ethyl adjacent to an activating group) is 1. The summed E-state index contributed by atoms with van der Waals surface area (Å²) in [5.41, 5.74) is -1.51. The summed E-state index contributed by atoms with van der Waals surface area (Å²) in [4.78, 5) is 68.5. The van der Waals surface area contributed by atoms with Gasteiger partial charge in [-0.1, -0.05) is 79.5 Å². The number of unbranched alkanes of at least 4 members (excludes halogenated alkanes) is 1. The smallest absolute Gasteiger partial charge is 0.315 e. The van der Waals surface area contributed by atoms with Crippen LogP contribution in [0, 0.1) is 22.6 Å². The third kappa shape index (κ3) is 11.7. The summed E-state index contributed by atoms with van der Waals surface area (Å²) in [5, 5.41) is 10.8. The van der Waals surface area contributed by atoms with E-state index in [1.165, 1.54) is 30.2 Å². The molecule has 1 aliphatic rings. The molecule has 5 atom stereocenters. The molecule has 0 aromatic heterocycles. The second kappa shape index (κ2) is 18.6. The van der Waals surface area contributed by atoms with Crippen LogP contribution in [0.5, 0.6) is 0 Å². The Morgan fingerprint density at radius 1 is 1.04 bits per heavy atom. The van der Waals surface area contributed by atoms with Gasteiger partial charge in [-0.15, -0.1) is 13.2 Å². The lowest BCUT2D eigenvalue weighted by molar-refractivity contribution is -0.144. The first-order valence-corrected chi connectivity index (χ1v) is 19.0. The van der Waals surface area contributed by atoms with Gasteiger partial charge in [0.1, 0.15) is 17.9 Å². The zero-order chi connectivity index (χ0) is 39.6. The number of ketones is 1. The van der Waals surface area contributed by atoms with E-state index in [2.05, 4.69) is 34.4 Å². The highest BCUT2D eigenvalue weighted by molar-refractivity contribution is 7.89. The van der Waals surface area contributed by atoms with Gasteiger partial charge in [-0.2, -0.15) is 4.31 Å². The molecule has 1 saturated heterocycles. The number of amides is 5. The number of hydrogen-bond acceptors (Lipinski definition) is 7. The van der Waals surface area contributed by atoms with E-state index in [0.717, 1.165) is 16.4 Å². The van der Waals surface area contributed by atoms with Crippen LogP contribution in [0.2, 0.25) is 0 Å². The van der Waals surface area contributed by atoms with E-state index in [-0.39, 0.29) is 31.0 Å². The lowest BCUT2D eigenvalue weighted by Crippen LogP contribution is -2.62. The van der Waals surface area contributed by atoms with E-state index >= 15 is 0 Å². The summed E-state index contributed by atoms with van der Waals surface area (Å²) in [6.45, 7) is 20.1. The molecule has 1 unspecified atom stereocenters. The minimum Gasteiger partial charge on any atom is -0.346 e. The molecule has 1 aromatic carbocycles. The molecule has 1 fully saturated rings. The summed E-state index contributed by atoms with van der Waals surface area (Å²) in [6, 6.07) is -0.151. The number of nitrogens with zero attached hydrogens (tertiary/aromatic N) is 2. The maximum absolute atomic E-state index is 14.3. The molecule has 13 nitrogen and oxygen atoms in total. The highest BCUT2D eigenvalue weighted by atomic mass is 32.2. The van der Waals surface area contributed by atoms with Crippen molar-refractivity contribution in [2.75, 3.05) is 26.7 Å². The Morgan fingerprint density at radius 3 is 2.23 bits per heavy atom. The predicted octanol–water partition coefficient (Wildman–Crippen LogP) is 3.52. The zero-order valence-corrected chi connectivity index (χ0v) is 32.6. The number of benzene rings is 1. The number of sulfonamides is 1. The quantitative estimate of drug-likeness (QED) is 0.139. The van der Waals surface area contributed by atoms with Crippen LogP contribution in [0.3, 0.4) is 0 Å². The largest absolute Gasteiger partial charge is 0.346 e. The van der Waals surface area contributed by atoms with E-state index in [0.29, 0.717) is 19.3 Å². The SMILES string of the molecule is C=CCNC(=O)C(=O)C(CCCC)NC(=O)[C@@H]1[C@@H](C=C)CCN1C(=O)[C@@H](NC(=O)N[C@H](CN(C)S(=O)(=O)c1cccc(F)c1)C(C)(C)C)C(C)(C)C. The van der Waals surface area contributed by atoms with Crippen LogP contribution in [0.15, 0.2) is 54.5 Å². The molecule has 0 saturated carbocycles. The molecule has 15 heteroatoms. The highest BCUT2D eigenvalue weighted by Crippen LogP contribution is 2.30. The topological polar surface area (TPSA) is 174 Å². The van der Waals surface area contributed by atoms with Gasteiger partial charge in [0.25, 0.3) is 5.91 Å². The van der Waals surface area contributed by atoms with E-state index in [9.17, 15) is 36.8 Å². The number of nitrogens with one attached hydrogen (secondary N) is 4. The molecule has 0 aliphatic carbocycles. The Bertz CT molecular complexity index is 1590. The van der Waals surface area contributed by atoms with Crippen LogP contribution >= 0.6 is 0 Å². The number of carbonyl (C=O) groups is 5. The molecular formula is C37H57FN6O7S. The summed E-state index contributed by atoms with van der Waals surface area (Å²) >= 11 is 0. The molecule has 0 radical (unpaired) electrons. The number of likely N-dealkylation sites (tertiary alicyclic amines) is 1. The van der Waals surface area contributed by atoms with Crippen molar-refractivity contribution in [3.8, 4) is 0 Å². The van der Waals surface area contributed by atoms with Gasteiger partial charge in [-0.25, -0.2) is 17.6 Å². The summed E-state index contributed by atoms with van der Waals surface area (Å²) in [7, 11) is -2.77. The Kier molecular flexibility index (Phi) is 15.7. The molecule has 1 aliphatic heterocycles. The molecule has 0 spiro atoms. The minimum absolute atomic E-state index is 0.0818. The van der Waals surface area contributed by atoms with Crippen molar-refractivity contribution in [1.29, 1.82) is 0 Å². The molecule has 1 heterocycles. The number of Topliss-reactive ketones (excluding diaryl/α,β-unsaturated/α-hetero) is 1. The minimum atomic E-state index is -4.11. The fraction of sp³-hybridized carbons (Fsp3) is 0.595. The first-order chi connectivity index (χ1) is 24.1. The van der Waals surface area contributed by atoms with Crippen LogP contribution in [0.25, 0.3) is 0 Å². The van der Waals surface area contributed by atoms with Crippen molar-refractivity contribution >= 4 is 39.6 Å². The van der Waals surface area contributed by atoms with Crippen molar-refractivity contribution in [2.45, 2.75) is 103 Å². The van der Waals surface area contributed by atoms with E-state index in [1.54, 1.807) is 26.8 Å². The lowest BCUT2D eigenvalue weighted by Gasteiger charge is -2.38. The molecule has 2 rings (SSSR count). The average molecular weight is 749 g/mol. The number of urea groups is 1. The molecule has 0 bridgehead atoms. The summed E-state index contributed by atoms with van der Waals surface area (Å²) in [5.74, 6) is -3.97. The molecule has 1 aromatic rings. The van der Waals surface area contributed by atoms with Crippen LogP contribution in [0.1, 0.15) is 74.1 Å². The monoisotopic (exact) mass is 748 g/mol. The standard InChI is InChI=1S/C37H57FN6O7S/c1-11-14-18-27(30(45)33(47)39-20-12-2)40-32(46)29-24(13-3)19-21-44(29)34(48)31(37(7,8)9)42-35(49)41-28(36(4,5)6)23-43(10)52(50,51)26-17-15-16-25(38)22-26/h12-13,15-17,22,24,27-29,31H,2-3,11,14,18-21,23H2,1,4-10H3,(H,39,47)(H,40,46)(H2,41,42,49)/t24-,27?,28+,29-,31+/m0/s1. The second-order valence-corrected chi connectivity index (χ2v) is 17.4. The predicted molar refractivity (Wildman–Crippen MR) is 198 cm³/mol. The van der Waals surface area contributed by atoms with Gasteiger partial charge in [0.15, 0.2) is 0 Å². The van der Waals surface area contributed by atoms with Gasteiger partial charge in [-0.05, 0) is 41.9 Å². The number of halogens is 1.